The Hall–Kier alpha value is -3.37. The molecule has 1 unspecified atom stereocenters. The highest BCUT2D eigenvalue weighted by atomic mass is 32.2. The number of carbonyl (C=O) groups excluding carboxylic acids is 1. The summed E-state index contributed by atoms with van der Waals surface area (Å²) in [4.78, 5) is 30.9. The summed E-state index contributed by atoms with van der Waals surface area (Å²) >= 11 is 1.39. The summed E-state index contributed by atoms with van der Waals surface area (Å²) in [6, 6.07) is 11.9. The van der Waals surface area contributed by atoms with Crippen LogP contribution in [0.15, 0.2) is 74.9 Å². The average Bonchev–Trinajstić information content (AvgIpc) is 3.68. The maximum absolute atomic E-state index is 13.1. The average molecular weight is 508 g/mol. The van der Waals surface area contributed by atoms with Crippen molar-refractivity contribution in [3.05, 3.63) is 80.4 Å². The molecular formula is C25H25N5O3S2. The number of rotatable bonds is 7. The molecule has 10 heteroatoms. The van der Waals surface area contributed by atoms with Crippen LogP contribution < -0.4 is 20.9 Å². The maximum atomic E-state index is 13.1. The van der Waals surface area contributed by atoms with Crippen molar-refractivity contribution < 1.29 is 9.00 Å². The van der Waals surface area contributed by atoms with Gasteiger partial charge in [-0.05, 0) is 79.5 Å². The van der Waals surface area contributed by atoms with Crippen LogP contribution in [0.5, 0.6) is 0 Å². The Morgan fingerprint density at radius 3 is 2.66 bits per heavy atom. The van der Waals surface area contributed by atoms with Crippen molar-refractivity contribution in [2.75, 3.05) is 17.2 Å². The lowest BCUT2D eigenvalue weighted by molar-refractivity contribution is 0.257. The molecule has 1 aromatic heterocycles. The number of benzene rings is 2. The molecule has 1 aliphatic carbocycles. The van der Waals surface area contributed by atoms with Gasteiger partial charge < -0.3 is 10.6 Å². The second-order valence-corrected chi connectivity index (χ2v) is 11.3. The van der Waals surface area contributed by atoms with Crippen LogP contribution in [0.25, 0.3) is 16.6 Å². The van der Waals surface area contributed by atoms with Gasteiger partial charge in [-0.2, -0.15) is 0 Å². The topological polar surface area (TPSA) is 105 Å². The minimum atomic E-state index is -1.62. The molecule has 0 spiro atoms. The molecule has 2 aromatic carbocycles. The summed E-state index contributed by atoms with van der Waals surface area (Å²) in [6.07, 6.45) is 8.64. The first-order valence-electron chi connectivity index (χ1n) is 11.4. The lowest BCUT2D eigenvalue weighted by atomic mass is 10.2. The largest absolute Gasteiger partial charge is 0.385 e. The minimum Gasteiger partial charge on any atom is -0.385 e. The quantitative estimate of drug-likeness (QED) is 0.421. The number of aromatic nitrogens is 2. The molecule has 2 amide bonds. The van der Waals surface area contributed by atoms with E-state index in [2.05, 4.69) is 20.3 Å². The number of fused-ring (bicyclic) bond motifs is 1. The molecule has 3 N–H and O–H groups in total. The minimum absolute atomic E-state index is 0.166. The van der Waals surface area contributed by atoms with Crippen molar-refractivity contribution in [3.8, 4) is 5.69 Å². The fourth-order valence-corrected chi connectivity index (χ4v) is 5.74. The molecule has 35 heavy (non-hydrogen) atoms. The lowest BCUT2D eigenvalue weighted by Gasteiger charge is -2.13. The van der Waals surface area contributed by atoms with Gasteiger partial charge in [0.1, 0.15) is 6.33 Å². The zero-order valence-corrected chi connectivity index (χ0v) is 20.7. The van der Waals surface area contributed by atoms with Crippen molar-refractivity contribution in [3.63, 3.8) is 0 Å². The molecule has 5 rings (SSSR count). The van der Waals surface area contributed by atoms with Gasteiger partial charge in [0.2, 0.25) is 0 Å². The van der Waals surface area contributed by atoms with E-state index < -0.39 is 17.0 Å². The number of allylic oxidation sites excluding steroid dienone is 3. The smallest absolute Gasteiger partial charge is 0.331 e. The number of amides is 2. The molecule has 1 fully saturated rings. The van der Waals surface area contributed by atoms with Crippen LogP contribution in [0, 0.1) is 5.92 Å². The summed E-state index contributed by atoms with van der Waals surface area (Å²) in [5, 5.41) is 6.61. The summed E-state index contributed by atoms with van der Waals surface area (Å²) in [5.41, 5.74) is 2.58. The van der Waals surface area contributed by atoms with Crippen LogP contribution in [0.2, 0.25) is 0 Å². The third-order valence-electron chi connectivity index (χ3n) is 5.77. The maximum Gasteiger partial charge on any atom is 0.331 e. The van der Waals surface area contributed by atoms with E-state index in [-0.39, 0.29) is 5.56 Å². The fraction of sp³-hybridized carbons (Fsp3) is 0.240. The van der Waals surface area contributed by atoms with Gasteiger partial charge in [-0.3, -0.25) is 14.1 Å². The van der Waals surface area contributed by atoms with Gasteiger partial charge in [-0.15, -0.1) is 0 Å². The normalized spacial score (nSPS) is 16.3. The fourth-order valence-electron chi connectivity index (χ4n) is 3.67. The molecule has 1 saturated carbocycles. The SMILES string of the molecule is CC1=CCC=C(S(=O)NC(=O)Nc2ccc(-n3cnc4cc(NCC5CC5)ccc4c3=O)cc2)S1. The molecule has 0 radical (unpaired) electrons. The molecule has 180 valence electrons. The predicted octanol–water partition coefficient (Wildman–Crippen LogP) is 4.87. The second kappa shape index (κ2) is 10.1. The van der Waals surface area contributed by atoms with Gasteiger partial charge in [-0.25, -0.2) is 14.0 Å². The lowest BCUT2D eigenvalue weighted by Crippen LogP contribution is -2.30. The zero-order valence-electron chi connectivity index (χ0n) is 19.1. The van der Waals surface area contributed by atoms with Crippen molar-refractivity contribution in [2.24, 2.45) is 5.92 Å². The first-order chi connectivity index (χ1) is 17.0. The van der Waals surface area contributed by atoms with E-state index in [1.165, 1.54) is 35.5 Å². The number of hydrogen-bond acceptors (Lipinski definition) is 6. The van der Waals surface area contributed by atoms with Gasteiger partial charge in [-0.1, -0.05) is 23.9 Å². The standard InChI is InChI=1S/C25H25N5O3S2/c1-16-3-2-4-23(34-16)35(33)29-25(32)28-18-7-10-20(11-8-18)30-15-27-22-13-19(26-14-17-5-6-17)9-12-21(22)24(30)31/h3-4,7-13,15,17,26H,2,5-6,14H2,1H3,(H2,28,29,32). The summed E-state index contributed by atoms with van der Waals surface area (Å²) in [5.74, 6) is 0.757. The molecule has 8 nitrogen and oxygen atoms in total. The van der Waals surface area contributed by atoms with Crippen molar-refractivity contribution in [1.82, 2.24) is 14.3 Å². The molecule has 0 bridgehead atoms. The second-order valence-electron chi connectivity index (χ2n) is 8.52. The van der Waals surface area contributed by atoms with Crippen LogP contribution >= 0.6 is 11.8 Å². The van der Waals surface area contributed by atoms with E-state index in [1.807, 2.05) is 31.2 Å². The monoisotopic (exact) mass is 507 g/mol. The van der Waals surface area contributed by atoms with E-state index >= 15 is 0 Å². The summed E-state index contributed by atoms with van der Waals surface area (Å²) < 4.78 is 16.9. The van der Waals surface area contributed by atoms with Gasteiger partial charge in [0.15, 0.2) is 11.0 Å². The predicted molar refractivity (Wildman–Crippen MR) is 143 cm³/mol. The van der Waals surface area contributed by atoms with Crippen molar-refractivity contribution >= 4 is 51.1 Å². The number of carbonyl (C=O) groups is 1. The number of hydrogen-bond donors (Lipinski definition) is 3. The highest BCUT2D eigenvalue weighted by Crippen LogP contribution is 2.31. The Morgan fingerprint density at radius 2 is 1.91 bits per heavy atom. The van der Waals surface area contributed by atoms with Crippen LogP contribution in [-0.4, -0.2) is 26.3 Å². The third-order valence-corrected chi connectivity index (χ3v) is 8.24. The van der Waals surface area contributed by atoms with Gasteiger partial charge >= 0.3 is 6.03 Å². The molecule has 2 aliphatic rings. The number of anilines is 2. The van der Waals surface area contributed by atoms with Crippen LogP contribution in [0.1, 0.15) is 26.2 Å². The zero-order chi connectivity index (χ0) is 24.4. The Morgan fingerprint density at radius 1 is 1.14 bits per heavy atom. The Balaban J connectivity index is 1.25. The molecule has 3 aromatic rings. The van der Waals surface area contributed by atoms with Crippen LogP contribution in [-0.2, 0) is 11.0 Å². The molecule has 2 heterocycles. The highest BCUT2D eigenvalue weighted by Gasteiger charge is 2.20. The number of urea groups is 1. The van der Waals surface area contributed by atoms with E-state index in [4.69, 9.17) is 0 Å². The third kappa shape index (κ3) is 5.66. The van der Waals surface area contributed by atoms with E-state index in [9.17, 15) is 13.8 Å². The van der Waals surface area contributed by atoms with Gasteiger partial charge in [0.05, 0.1) is 20.8 Å². The van der Waals surface area contributed by atoms with Crippen LogP contribution in [0.3, 0.4) is 0 Å². The Kier molecular flexibility index (Phi) is 6.74. The molecular weight excluding hydrogens is 482 g/mol. The van der Waals surface area contributed by atoms with E-state index in [1.54, 1.807) is 30.3 Å². The Labute approximate surface area is 209 Å². The first kappa shape index (κ1) is 23.4. The Bertz CT molecular complexity index is 1430. The number of thioether (sulfide) groups is 1. The number of nitrogens with one attached hydrogen (secondary N) is 3. The van der Waals surface area contributed by atoms with Gasteiger partial charge in [0, 0.05) is 17.9 Å². The van der Waals surface area contributed by atoms with Crippen molar-refractivity contribution in [1.29, 1.82) is 0 Å². The van der Waals surface area contributed by atoms with Crippen LogP contribution in [0.4, 0.5) is 16.2 Å². The molecule has 0 saturated heterocycles. The number of nitrogens with zero attached hydrogens (tertiary/aromatic N) is 2. The van der Waals surface area contributed by atoms with E-state index in [0.29, 0.717) is 32.9 Å². The van der Waals surface area contributed by atoms with E-state index in [0.717, 1.165) is 23.1 Å². The first-order valence-corrected chi connectivity index (χ1v) is 13.3. The summed E-state index contributed by atoms with van der Waals surface area (Å²) in [7, 11) is -1.62. The molecule has 1 aliphatic heterocycles. The highest BCUT2D eigenvalue weighted by molar-refractivity contribution is 8.18. The molecule has 1 atom stereocenters. The van der Waals surface area contributed by atoms with Gasteiger partial charge in [0.25, 0.3) is 5.56 Å². The summed E-state index contributed by atoms with van der Waals surface area (Å²) in [6.45, 7) is 2.89. The van der Waals surface area contributed by atoms with Crippen molar-refractivity contribution in [2.45, 2.75) is 26.2 Å².